The highest BCUT2D eigenvalue weighted by Crippen LogP contribution is 2.16. The molecule has 0 radical (unpaired) electrons. The number of nitrogens with zero attached hydrogens (tertiary/aromatic N) is 4. The summed E-state index contributed by atoms with van der Waals surface area (Å²) in [6.07, 6.45) is 0. The molecule has 0 atom stereocenters. The highest BCUT2D eigenvalue weighted by Gasteiger charge is 2.08. The molecular weight excluding hydrogens is 226 g/mol. The first-order chi connectivity index (χ1) is 7.61. The Labute approximate surface area is 98.3 Å². The average molecular weight is 238 g/mol. The fraction of sp³-hybridized carbons (Fsp3) is 0.300. The molecule has 2 heterocycles. The summed E-state index contributed by atoms with van der Waals surface area (Å²) in [5.41, 5.74) is 6.21. The molecule has 2 aromatic rings. The van der Waals surface area contributed by atoms with E-state index in [1.807, 2.05) is 13.8 Å². The minimum absolute atomic E-state index is 0.305. The summed E-state index contributed by atoms with van der Waals surface area (Å²) in [5, 5.41) is 4.81. The Morgan fingerprint density at radius 1 is 1.31 bits per heavy atom. The van der Waals surface area contributed by atoms with Gasteiger partial charge in [-0.15, -0.1) is 5.10 Å². The third-order valence-electron chi connectivity index (χ3n) is 2.19. The van der Waals surface area contributed by atoms with Crippen LogP contribution in [0.15, 0.2) is 12.1 Å². The molecule has 5 nitrogen and oxygen atoms in total. The first-order valence-corrected chi connectivity index (χ1v) is 5.25. The first-order valence-electron chi connectivity index (χ1n) is 4.88. The van der Waals surface area contributed by atoms with Gasteiger partial charge in [-0.1, -0.05) is 11.6 Å². The third kappa shape index (κ3) is 1.91. The molecule has 2 N–H and O–H groups in total. The normalized spacial score (nSPS) is 10.8. The Morgan fingerprint density at radius 2 is 2.06 bits per heavy atom. The highest BCUT2D eigenvalue weighted by molar-refractivity contribution is 6.31. The standard InChI is InChI=1S/C10H12ClN5/c1-6-13-7(2)16(15-6)10-4-3-8(11)9(5-12)14-10/h3-4H,5,12H2,1-2H3. The van der Waals surface area contributed by atoms with E-state index in [2.05, 4.69) is 15.1 Å². The van der Waals surface area contributed by atoms with Gasteiger partial charge in [0.05, 0.1) is 10.7 Å². The SMILES string of the molecule is Cc1nc(C)n(-c2ccc(Cl)c(CN)n2)n1. The topological polar surface area (TPSA) is 69.6 Å². The van der Waals surface area contributed by atoms with Gasteiger partial charge >= 0.3 is 0 Å². The smallest absolute Gasteiger partial charge is 0.155 e. The zero-order valence-corrected chi connectivity index (χ0v) is 9.86. The summed E-state index contributed by atoms with van der Waals surface area (Å²) in [6.45, 7) is 4.01. The van der Waals surface area contributed by atoms with Crippen molar-refractivity contribution in [2.24, 2.45) is 5.73 Å². The molecule has 0 fully saturated rings. The molecule has 0 aromatic carbocycles. The van der Waals surface area contributed by atoms with Crippen LogP contribution in [0.5, 0.6) is 0 Å². The first kappa shape index (κ1) is 11.0. The molecule has 16 heavy (non-hydrogen) atoms. The van der Waals surface area contributed by atoms with Crippen molar-refractivity contribution < 1.29 is 0 Å². The average Bonchev–Trinajstić information content (AvgIpc) is 2.59. The molecule has 2 rings (SSSR count). The van der Waals surface area contributed by atoms with E-state index in [1.165, 1.54) is 0 Å². The maximum Gasteiger partial charge on any atom is 0.155 e. The van der Waals surface area contributed by atoms with E-state index in [1.54, 1.807) is 16.8 Å². The van der Waals surface area contributed by atoms with Crippen LogP contribution in [0, 0.1) is 13.8 Å². The van der Waals surface area contributed by atoms with E-state index < -0.39 is 0 Å². The molecule has 0 amide bonds. The largest absolute Gasteiger partial charge is 0.325 e. The van der Waals surface area contributed by atoms with Crippen LogP contribution < -0.4 is 5.73 Å². The fourth-order valence-electron chi connectivity index (χ4n) is 1.47. The monoisotopic (exact) mass is 237 g/mol. The molecule has 0 spiro atoms. The number of hydrogen-bond donors (Lipinski definition) is 1. The second kappa shape index (κ2) is 4.19. The zero-order chi connectivity index (χ0) is 11.7. The maximum atomic E-state index is 5.94. The number of aryl methyl sites for hydroxylation is 2. The molecule has 0 aliphatic carbocycles. The van der Waals surface area contributed by atoms with Gasteiger partial charge in [-0.2, -0.15) is 4.68 Å². The van der Waals surface area contributed by atoms with Crippen molar-refractivity contribution in [3.8, 4) is 5.82 Å². The van der Waals surface area contributed by atoms with Gasteiger partial charge in [-0.3, -0.25) is 0 Å². The second-order valence-corrected chi connectivity index (χ2v) is 3.83. The van der Waals surface area contributed by atoms with Gasteiger partial charge in [0, 0.05) is 6.54 Å². The molecule has 0 saturated heterocycles. The number of rotatable bonds is 2. The van der Waals surface area contributed by atoms with Gasteiger partial charge in [0.25, 0.3) is 0 Å². The Hall–Kier alpha value is -1.46. The molecule has 0 aliphatic heterocycles. The number of halogens is 1. The van der Waals surface area contributed by atoms with E-state index in [4.69, 9.17) is 17.3 Å². The second-order valence-electron chi connectivity index (χ2n) is 3.42. The predicted molar refractivity (Wildman–Crippen MR) is 61.5 cm³/mol. The van der Waals surface area contributed by atoms with Crippen molar-refractivity contribution in [1.82, 2.24) is 19.7 Å². The van der Waals surface area contributed by atoms with E-state index in [9.17, 15) is 0 Å². The summed E-state index contributed by atoms with van der Waals surface area (Å²) in [7, 11) is 0. The predicted octanol–water partition coefficient (Wildman–Crippen LogP) is 1.39. The lowest BCUT2D eigenvalue weighted by atomic mass is 10.3. The van der Waals surface area contributed by atoms with Crippen molar-refractivity contribution in [2.75, 3.05) is 0 Å². The maximum absolute atomic E-state index is 5.94. The summed E-state index contributed by atoms with van der Waals surface area (Å²) in [4.78, 5) is 8.55. The minimum atomic E-state index is 0.305. The summed E-state index contributed by atoms with van der Waals surface area (Å²) >= 11 is 5.94. The van der Waals surface area contributed by atoms with Gasteiger partial charge < -0.3 is 5.73 Å². The van der Waals surface area contributed by atoms with Crippen molar-refractivity contribution in [1.29, 1.82) is 0 Å². The molecule has 0 bridgehead atoms. The molecule has 6 heteroatoms. The van der Waals surface area contributed by atoms with Crippen molar-refractivity contribution in [3.63, 3.8) is 0 Å². The molecule has 2 aromatic heterocycles. The third-order valence-corrected chi connectivity index (χ3v) is 2.53. The van der Waals surface area contributed by atoms with E-state index in [-0.39, 0.29) is 0 Å². The van der Waals surface area contributed by atoms with Crippen LogP contribution in [0.1, 0.15) is 17.3 Å². The molecule has 0 unspecified atom stereocenters. The Morgan fingerprint density at radius 3 is 2.62 bits per heavy atom. The number of nitrogens with two attached hydrogens (primary N) is 1. The number of aromatic nitrogens is 4. The van der Waals surface area contributed by atoms with E-state index in [0.29, 0.717) is 28.9 Å². The fourth-order valence-corrected chi connectivity index (χ4v) is 1.65. The van der Waals surface area contributed by atoms with Gasteiger partial charge in [0.1, 0.15) is 11.6 Å². The minimum Gasteiger partial charge on any atom is -0.325 e. The Balaban J connectivity index is 2.52. The number of hydrogen-bond acceptors (Lipinski definition) is 4. The lowest BCUT2D eigenvalue weighted by Crippen LogP contribution is -2.07. The van der Waals surface area contributed by atoms with E-state index >= 15 is 0 Å². The van der Waals surface area contributed by atoms with Crippen molar-refractivity contribution in [2.45, 2.75) is 20.4 Å². The molecular formula is C10H12ClN5. The van der Waals surface area contributed by atoms with E-state index in [0.717, 1.165) is 5.82 Å². The van der Waals surface area contributed by atoms with Crippen molar-refractivity contribution in [3.05, 3.63) is 34.5 Å². The van der Waals surface area contributed by atoms with Crippen LogP contribution in [-0.4, -0.2) is 19.7 Å². The van der Waals surface area contributed by atoms with Crippen molar-refractivity contribution >= 4 is 11.6 Å². The van der Waals surface area contributed by atoms with Gasteiger partial charge in [0.15, 0.2) is 5.82 Å². The van der Waals surface area contributed by atoms with Crippen LogP contribution in [0.2, 0.25) is 5.02 Å². The molecule has 0 saturated carbocycles. The molecule has 0 aliphatic rings. The number of pyridine rings is 1. The van der Waals surface area contributed by atoms with Gasteiger partial charge in [-0.25, -0.2) is 9.97 Å². The lowest BCUT2D eigenvalue weighted by molar-refractivity contribution is 0.792. The van der Waals surface area contributed by atoms with Crippen LogP contribution in [0.25, 0.3) is 5.82 Å². The summed E-state index contributed by atoms with van der Waals surface area (Å²) in [5.74, 6) is 2.18. The summed E-state index contributed by atoms with van der Waals surface area (Å²) < 4.78 is 1.67. The van der Waals surface area contributed by atoms with Crippen LogP contribution in [-0.2, 0) is 6.54 Å². The molecule has 84 valence electrons. The zero-order valence-electron chi connectivity index (χ0n) is 9.11. The Bertz CT molecular complexity index is 520. The van der Waals surface area contributed by atoms with Gasteiger partial charge in [-0.05, 0) is 26.0 Å². The summed E-state index contributed by atoms with van der Waals surface area (Å²) in [6, 6.07) is 3.56. The highest BCUT2D eigenvalue weighted by atomic mass is 35.5. The van der Waals surface area contributed by atoms with Crippen LogP contribution in [0.3, 0.4) is 0 Å². The van der Waals surface area contributed by atoms with Crippen LogP contribution in [0.4, 0.5) is 0 Å². The Kier molecular flexibility index (Phi) is 2.89. The lowest BCUT2D eigenvalue weighted by Gasteiger charge is -2.05. The van der Waals surface area contributed by atoms with Gasteiger partial charge in [0.2, 0.25) is 0 Å². The van der Waals surface area contributed by atoms with Crippen LogP contribution >= 0.6 is 11.6 Å². The quantitative estimate of drug-likeness (QED) is 0.857.